The molecule has 0 saturated heterocycles. The highest BCUT2D eigenvalue weighted by molar-refractivity contribution is 7.99. The molecule has 88 valence electrons. The molecule has 0 saturated carbocycles. The number of hydrogen-bond donors (Lipinski definition) is 1. The number of benzene rings is 1. The summed E-state index contributed by atoms with van der Waals surface area (Å²) in [4.78, 5) is 12.1. The van der Waals surface area contributed by atoms with E-state index in [1.807, 2.05) is 24.3 Å². The molecule has 0 aliphatic carbocycles. The Bertz CT molecular complexity index is 339. The summed E-state index contributed by atoms with van der Waals surface area (Å²) in [6.07, 6.45) is 0.419. The van der Waals surface area contributed by atoms with Gasteiger partial charge in [0.15, 0.2) is 0 Å². The van der Waals surface area contributed by atoms with E-state index in [0.29, 0.717) is 18.8 Å². The fraction of sp³-hybridized carbons (Fsp3) is 0.417. The molecule has 0 bridgehead atoms. The first-order valence-corrected chi connectivity index (χ1v) is 6.23. The van der Waals surface area contributed by atoms with Crippen molar-refractivity contribution in [3.05, 3.63) is 29.8 Å². The quantitative estimate of drug-likeness (QED) is 0.612. The molecule has 0 amide bonds. The summed E-state index contributed by atoms with van der Waals surface area (Å²) in [6, 6.07) is 7.67. The smallest absolute Gasteiger partial charge is 0.306 e. The van der Waals surface area contributed by atoms with Gasteiger partial charge in [-0.1, -0.05) is 12.1 Å². The third kappa shape index (κ3) is 4.68. The molecular weight excluding hydrogens is 224 g/mol. The van der Waals surface area contributed by atoms with Crippen molar-refractivity contribution in [1.29, 1.82) is 0 Å². The van der Waals surface area contributed by atoms with Crippen LogP contribution in [0.3, 0.4) is 0 Å². The van der Waals surface area contributed by atoms with E-state index >= 15 is 0 Å². The van der Waals surface area contributed by atoms with Crippen molar-refractivity contribution in [3.8, 4) is 0 Å². The molecule has 0 atom stereocenters. The Hall–Kier alpha value is -1.00. The van der Waals surface area contributed by atoms with Gasteiger partial charge in [-0.15, -0.1) is 11.8 Å². The van der Waals surface area contributed by atoms with Gasteiger partial charge >= 0.3 is 5.97 Å². The highest BCUT2D eigenvalue weighted by Crippen LogP contribution is 2.20. The highest BCUT2D eigenvalue weighted by Gasteiger charge is 2.02. The molecule has 1 rings (SSSR count). The SMILES string of the molecule is CCOC(=O)CCSc1cccc(CO)c1. The van der Waals surface area contributed by atoms with Gasteiger partial charge in [0.1, 0.15) is 0 Å². The molecule has 1 aromatic carbocycles. The van der Waals surface area contributed by atoms with E-state index in [0.717, 1.165) is 10.5 Å². The first kappa shape index (κ1) is 13.1. The highest BCUT2D eigenvalue weighted by atomic mass is 32.2. The third-order valence-corrected chi connectivity index (χ3v) is 2.96. The lowest BCUT2D eigenvalue weighted by Crippen LogP contribution is -2.04. The van der Waals surface area contributed by atoms with Crippen LogP contribution in [0.5, 0.6) is 0 Å². The van der Waals surface area contributed by atoms with Gasteiger partial charge in [-0.05, 0) is 24.6 Å². The first-order chi connectivity index (χ1) is 7.76. The normalized spacial score (nSPS) is 10.1. The molecule has 16 heavy (non-hydrogen) atoms. The second-order valence-electron chi connectivity index (χ2n) is 3.21. The van der Waals surface area contributed by atoms with Crippen LogP contribution in [-0.2, 0) is 16.1 Å². The van der Waals surface area contributed by atoms with Gasteiger partial charge in [0.2, 0.25) is 0 Å². The number of aliphatic hydroxyl groups excluding tert-OH is 1. The van der Waals surface area contributed by atoms with E-state index in [4.69, 9.17) is 9.84 Å². The van der Waals surface area contributed by atoms with E-state index < -0.39 is 0 Å². The van der Waals surface area contributed by atoms with E-state index in [2.05, 4.69) is 0 Å². The maximum absolute atomic E-state index is 11.1. The number of hydrogen-bond acceptors (Lipinski definition) is 4. The third-order valence-electron chi connectivity index (χ3n) is 1.96. The number of esters is 1. The number of rotatable bonds is 6. The maximum Gasteiger partial charge on any atom is 0.306 e. The summed E-state index contributed by atoms with van der Waals surface area (Å²) in [5.41, 5.74) is 0.890. The summed E-state index contributed by atoms with van der Waals surface area (Å²) in [6.45, 7) is 2.28. The summed E-state index contributed by atoms with van der Waals surface area (Å²) < 4.78 is 4.83. The number of thioether (sulfide) groups is 1. The molecule has 0 radical (unpaired) electrons. The molecule has 0 aliphatic heterocycles. The molecule has 1 N–H and O–H groups in total. The van der Waals surface area contributed by atoms with Crippen molar-refractivity contribution in [2.75, 3.05) is 12.4 Å². The molecular formula is C12H16O3S. The summed E-state index contributed by atoms with van der Waals surface area (Å²) in [7, 11) is 0. The van der Waals surface area contributed by atoms with E-state index in [1.54, 1.807) is 18.7 Å². The van der Waals surface area contributed by atoms with Crippen LogP contribution in [0.1, 0.15) is 18.9 Å². The largest absolute Gasteiger partial charge is 0.466 e. The van der Waals surface area contributed by atoms with Crippen molar-refractivity contribution in [2.24, 2.45) is 0 Å². The molecule has 3 nitrogen and oxygen atoms in total. The van der Waals surface area contributed by atoms with Crippen molar-refractivity contribution < 1.29 is 14.6 Å². The molecule has 4 heteroatoms. The Morgan fingerprint density at radius 3 is 3.00 bits per heavy atom. The second-order valence-corrected chi connectivity index (χ2v) is 4.38. The zero-order valence-corrected chi connectivity index (χ0v) is 10.1. The molecule has 0 unspecified atom stereocenters. The van der Waals surface area contributed by atoms with E-state index in [1.165, 1.54) is 0 Å². The predicted octanol–water partition coefficient (Wildman–Crippen LogP) is 2.22. The zero-order valence-electron chi connectivity index (χ0n) is 9.31. The van der Waals surface area contributed by atoms with Gasteiger partial charge in [-0.2, -0.15) is 0 Å². The first-order valence-electron chi connectivity index (χ1n) is 5.24. The monoisotopic (exact) mass is 240 g/mol. The summed E-state index contributed by atoms with van der Waals surface area (Å²) in [5, 5.41) is 8.96. The van der Waals surface area contributed by atoms with Crippen LogP contribution in [0.4, 0.5) is 0 Å². The van der Waals surface area contributed by atoms with Crippen LogP contribution in [0, 0.1) is 0 Å². The minimum Gasteiger partial charge on any atom is -0.466 e. The topological polar surface area (TPSA) is 46.5 Å². The zero-order chi connectivity index (χ0) is 11.8. The Morgan fingerprint density at radius 2 is 2.31 bits per heavy atom. The average molecular weight is 240 g/mol. The van der Waals surface area contributed by atoms with E-state index in [9.17, 15) is 4.79 Å². The molecule has 1 aromatic rings. The van der Waals surface area contributed by atoms with Crippen LogP contribution >= 0.6 is 11.8 Å². The van der Waals surface area contributed by atoms with Crippen LogP contribution < -0.4 is 0 Å². The standard InChI is InChI=1S/C12H16O3S/c1-2-15-12(14)6-7-16-11-5-3-4-10(8-11)9-13/h3-5,8,13H,2,6-7,9H2,1H3. The Balaban J connectivity index is 2.34. The molecule has 0 aliphatic rings. The fourth-order valence-corrected chi connectivity index (χ4v) is 2.13. The Labute approximate surface area is 99.8 Å². The fourth-order valence-electron chi connectivity index (χ4n) is 1.22. The molecule has 0 heterocycles. The van der Waals surface area contributed by atoms with Gasteiger partial charge in [0.25, 0.3) is 0 Å². The Kier molecular flexibility index (Phi) is 5.96. The number of carbonyl (C=O) groups is 1. The van der Waals surface area contributed by atoms with Gasteiger partial charge < -0.3 is 9.84 Å². The van der Waals surface area contributed by atoms with Gasteiger partial charge in [-0.3, -0.25) is 4.79 Å². The Morgan fingerprint density at radius 1 is 1.50 bits per heavy atom. The van der Waals surface area contributed by atoms with Crippen molar-refractivity contribution in [3.63, 3.8) is 0 Å². The minimum absolute atomic E-state index is 0.0479. The van der Waals surface area contributed by atoms with Crippen molar-refractivity contribution in [1.82, 2.24) is 0 Å². The number of aliphatic hydroxyl groups is 1. The van der Waals surface area contributed by atoms with Crippen LogP contribution in [0.15, 0.2) is 29.2 Å². The summed E-state index contributed by atoms with van der Waals surface area (Å²) in [5.74, 6) is 0.543. The molecule has 0 fully saturated rings. The summed E-state index contributed by atoms with van der Waals surface area (Å²) >= 11 is 1.59. The van der Waals surface area contributed by atoms with Gasteiger partial charge in [0, 0.05) is 10.6 Å². The van der Waals surface area contributed by atoms with Gasteiger partial charge in [-0.25, -0.2) is 0 Å². The van der Waals surface area contributed by atoms with Gasteiger partial charge in [0.05, 0.1) is 19.6 Å². The lowest BCUT2D eigenvalue weighted by Gasteiger charge is -2.03. The minimum atomic E-state index is -0.159. The van der Waals surface area contributed by atoms with Crippen LogP contribution in [-0.4, -0.2) is 23.4 Å². The van der Waals surface area contributed by atoms with E-state index in [-0.39, 0.29) is 12.6 Å². The molecule has 0 spiro atoms. The molecule has 0 aromatic heterocycles. The lowest BCUT2D eigenvalue weighted by atomic mass is 10.2. The van der Waals surface area contributed by atoms with Crippen molar-refractivity contribution >= 4 is 17.7 Å². The maximum atomic E-state index is 11.1. The average Bonchev–Trinajstić information content (AvgIpc) is 2.30. The van der Waals surface area contributed by atoms with Crippen LogP contribution in [0.25, 0.3) is 0 Å². The predicted molar refractivity (Wildman–Crippen MR) is 64.3 cm³/mol. The second kappa shape index (κ2) is 7.30. The number of ether oxygens (including phenoxy) is 1. The van der Waals surface area contributed by atoms with Crippen LogP contribution in [0.2, 0.25) is 0 Å². The van der Waals surface area contributed by atoms with Crippen molar-refractivity contribution in [2.45, 2.75) is 24.8 Å². The lowest BCUT2D eigenvalue weighted by molar-refractivity contribution is -0.142. The number of carbonyl (C=O) groups excluding carboxylic acids is 1.